The molecule has 0 spiro atoms. The third-order valence-electron chi connectivity index (χ3n) is 4.34. The van der Waals surface area contributed by atoms with Gasteiger partial charge in [0.1, 0.15) is 0 Å². The monoisotopic (exact) mass is 255 g/mol. The zero-order valence-electron chi connectivity index (χ0n) is 13.1. The molecule has 0 aliphatic carbocycles. The highest BCUT2D eigenvalue weighted by atomic mass is 15.2. The van der Waals surface area contributed by atoms with Crippen molar-refractivity contribution in [2.75, 3.05) is 33.7 Å². The number of rotatable bonds is 7. The summed E-state index contributed by atoms with van der Waals surface area (Å²) in [5.74, 6) is 0. The Bertz CT molecular complexity index is 210. The molecule has 0 aromatic rings. The highest BCUT2D eigenvalue weighted by Crippen LogP contribution is 2.16. The van der Waals surface area contributed by atoms with E-state index in [2.05, 4.69) is 50.0 Å². The summed E-state index contributed by atoms with van der Waals surface area (Å²) in [6.07, 6.45) is 5.20. The normalized spacial score (nSPS) is 22.3. The van der Waals surface area contributed by atoms with Crippen molar-refractivity contribution in [3.8, 4) is 0 Å². The first kappa shape index (κ1) is 15.9. The molecule has 3 heteroatoms. The Morgan fingerprint density at radius 1 is 1.22 bits per heavy atom. The van der Waals surface area contributed by atoms with E-state index in [1.54, 1.807) is 0 Å². The Morgan fingerprint density at radius 2 is 1.83 bits per heavy atom. The van der Waals surface area contributed by atoms with Crippen LogP contribution >= 0.6 is 0 Å². The molecule has 0 amide bonds. The summed E-state index contributed by atoms with van der Waals surface area (Å²) in [5, 5.41) is 3.66. The fourth-order valence-electron chi connectivity index (χ4n) is 2.88. The van der Waals surface area contributed by atoms with Gasteiger partial charge in [-0.15, -0.1) is 0 Å². The van der Waals surface area contributed by atoms with E-state index in [9.17, 15) is 0 Å². The van der Waals surface area contributed by atoms with Gasteiger partial charge in [0.2, 0.25) is 0 Å². The Hall–Kier alpha value is -0.120. The van der Waals surface area contributed by atoms with Crippen LogP contribution in [-0.2, 0) is 0 Å². The summed E-state index contributed by atoms with van der Waals surface area (Å²) in [6, 6.07) is 2.13. The van der Waals surface area contributed by atoms with E-state index in [1.165, 1.54) is 38.8 Å². The van der Waals surface area contributed by atoms with Gasteiger partial charge in [-0.05, 0) is 60.3 Å². The summed E-state index contributed by atoms with van der Waals surface area (Å²) >= 11 is 0. The average molecular weight is 255 g/mol. The minimum atomic E-state index is 0.664. The van der Waals surface area contributed by atoms with Gasteiger partial charge in [0.05, 0.1) is 0 Å². The molecule has 1 N–H and O–H groups in total. The summed E-state index contributed by atoms with van der Waals surface area (Å²) in [7, 11) is 4.41. The van der Waals surface area contributed by atoms with Crippen molar-refractivity contribution < 1.29 is 0 Å². The molecule has 0 aromatic carbocycles. The van der Waals surface area contributed by atoms with Gasteiger partial charge in [-0.25, -0.2) is 0 Å². The van der Waals surface area contributed by atoms with Crippen LogP contribution in [0.3, 0.4) is 0 Å². The van der Waals surface area contributed by atoms with Gasteiger partial charge < -0.3 is 10.2 Å². The topological polar surface area (TPSA) is 18.5 Å². The second-order valence-corrected chi connectivity index (χ2v) is 6.18. The molecule has 0 aromatic heterocycles. The number of likely N-dealkylation sites (tertiary alicyclic amines) is 1. The van der Waals surface area contributed by atoms with Crippen LogP contribution in [0, 0.1) is 0 Å². The first-order chi connectivity index (χ1) is 8.54. The van der Waals surface area contributed by atoms with E-state index in [1.807, 2.05) is 0 Å². The molecule has 0 radical (unpaired) electrons. The first-order valence-electron chi connectivity index (χ1n) is 7.68. The molecule has 108 valence electrons. The molecule has 3 nitrogen and oxygen atoms in total. The minimum absolute atomic E-state index is 0.664. The van der Waals surface area contributed by atoms with Gasteiger partial charge in [-0.1, -0.05) is 13.3 Å². The van der Waals surface area contributed by atoms with Gasteiger partial charge in [0, 0.05) is 24.7 Å². The van der Waals surface area contributed by atoms with Crippen molar-refractivity contribution >= 4 is 0 Å². The first-order valence-corrected chi connectivity index (χ1v) is 7.68. The van der Waals surface area contributed by atoms with Crippen LogP contribution in [0.15, 0.2) is 0 Å². The summed E-state index contributed by atoms with van der Waals surface area (Å²) in [5.41, 5.74) is 0. The highest BCUT2D eigenvalue weighted by Gasteiger charge is 2.23. The van der Waals surface area contributed by atoms with Crippen LogP contribution in [0.2, 0.25) is 0 Å². The number of hydrogen-bond acceptors (Lipinski definition) is 3. The van der Waals surface area contributed by atoms with Crippen LogP contribution in [-0.4, -0.2) is 61.7 Å². The molecule has 1 aliphatic heterocycles. The van der Waals surface area contributed by atoms with E-state index in [-0.39, 0.29) is 0 Å². The largest absolute Gasteiger partial charge is 0.313 e. The lowest BCUT2D eigenvalue weighted by Crippen LogP contribution is -2.49. The van der Waals surface area contributed by atoms with Crippen LogP contribution in [0.4, 0.5) is 0 Å². The molecule has 1 aliphatic rings. The number of nitrogens with one attached hydrogen (secondary N) is 1. The lowest BCUT2D eigenvalue weighted by atomic mass is 10.0. The van der Waals surface area contributed by atoms with E-state index >= 15 is 0 Å². The van der Waals surface area contributed by atoms with Gasteiger partial charge in [-0.2, -0.15) is 0 Å². The fraction of sp³-hybridized carbons (Fsp3) is 1.00. The van der Waals surface area contributed by atoms with E-state index < -0.39 is 0 Å². The van der Waals surface area contributed by atoms with Crippen molar-refractivity contribution in [1.82, 2.24) is 15.1 Å². The van der Waals surface area contributed by atoms with Crippen molar-refractivity contribution in [2.24, 2.45) is 0 Å². The van der Waals surface area contributed by atoms with Crippen LogP contribution in [0.25, 0.3) is 0 Å². The van der Waals surface area contributed by atoms with Crippen molar-refractivity contribution in [3.63, 3.8) is 0 Å². The van der Waals surface area contributed by atoms with Crippen molar-refractivity contribution in [3.05, 3.63) is 0 Å². The van der Waals surface area contributed by atoms with Gasteiger partial charge in [0.25, 0.3) is 0 Å². The van der Waals surface area contributed by atoms with Crippen molar-refractivity contribution in [1.29, 1.82) is 0 Å². The Morgan fingerprint density at radius 3 is 2.33 bits per heavy atom. The third kappa shape index (κ3) is 5.25. The van der Waals surface area contributed by atoms with Gasteiger partial charge in [-0.3, -0.25) is 4.90 Å². The molecule has 1 heterocycles. The Labute approximate surface area is 114 Å². The molecule has 2 atom stereocenters. The quantitative estimate of drug-likeness (QED) is 0.752. The molecule has 18 heavy (non-hydrogen) atoms. The molecular weight excluding hydrogens is 222 g/mol. The number of piperidine rings is 1. The van der Waals surface area contributed by atoms with Crippen molar-refractivity contribution in [2.45, 2.75) is 64.6 Å². The highest BCUT2D eigenvalue weighted by molar-refractivity contribution is 4.81. The molecule has 1 fully saturated rings. The Balaban J connectivity index is 2.21. The number of nitrogens with zero attached hydrogens (tertiary/aromatic N) is 2. The molecule has 2 unspecified atom stereocenters. The second kappa shape index (κ2) is 8.13. The number of hydrogen-bond donors (Lipinski definition) is 1. The zero-order valence-corrected chi connectivity index (χ0v) is 13.1. The predicted octanol–water partition coefficient (Wildman–Crippen LogP) is 2.18. The molecule has 0 bridgehead atoms. The standard InChI is InChI=1S/C15H33N3/c1-6-7-13(2)16-12-14(3)18-10-8-15(9-11-18)17(4)5/h13-16H,6-12H2,1-5H3. The summed E-state index contributed by atoms with van der Waals surface area (Å²) < 4.78 is 0. The zero-order chi connectivity index (χ0) is 13.5. The molecule has 0 saturated carbocycles. The molecular formula is C15H33N3. The minimum Gasteiger partial charge on any atom is -0.313 e. The third-order valence-corrected chi connectivity index (χ3v) is 4.34. The van der Waals surface area contributed by atoms with Gasteiger partial charge >= 0.3 is 0 Å². The molecule has 1 saturated heterocycles. The SMILES string of the molecule is CCCC(C)NCC(C)N1CCC(N(C)C)CC1. The van der Waals surface area contributed by atoms with E-state index in [4.69, 9.17) is 0 Å². The maximum atomic E-state index is 3.66. The van der Waals surface area contributed by atoms with E-state index in [0.717, 1.165) is 12.6 Å². The van der Waals surface area contributed by atoms with Crippen LogP contribution in [0.1, 0.15) is 46.5 Å². The van der Waals surface area contributed by atoms with E-state index in [0.29, 0.717) is 12.1 Å². The molecule has 1 rings (SSSR count). The summed E-state index contributed by atoms with van der Waals surface area (Å²) in [6.45, 7) is 10.6. The Kier molecular flexibility index (Phi) is 7.20. The second-order valence-electron chi connectivity index (χ2n) is 6.18. The van der Waals surface area contributed by atoms with Crippen LogP contribution in [0.5, 0.6) is 0 Å². The lowest BCUT2D eigenvalue weighted by molar-refractivity contribution is 0.112. The smallest absolute Gasteiger partial charge is 0.0192 e. The summed E-state index contributed by atoms with van der Waals surface area (Å²) in [4.78, 5) is 5.02. The lowest BCUT2D eigenvalue weighted by Gasteiger charge is -2.38. The van der Waals surface area contributed by atoms with Gasteiger partial charge in [0.15, 0.2) is 0 Å². The maximum absolute atomic E-state index is 3.66. The predicted molar refractivity (Wildman–Crippen MR) is 80.1 cm³/mol. The average Bonchev–Trinajstić information content (AvgIpc) is 2.36. The maximum Gasteiger partial charge on any atom is 0.0192 e. The van der Waals surface area contributed by atoms with Crippen LogP contribution < -0.4 is 5.32 Å². The fourth-order valence-corrected chi connectivity index (χ4v) is 2.88.